The third kappa shape index (κ3) is 3.91. The van der Waals surface area contributed by atoms with Gasteiger partial charge in [-0.25, -0.2) is 0 Å². The van der Waals surface area contributed by atoms with E-state index in [1.807, 2.05) is 19.1 Å². The molecule has 0 atom stereocenters. The molecule has 0 amide bonds. The van der Waals surface area contributed by atoms with Crippen molar-refractivity contribution >= 4 is 11.9 Å². The molecule has 0 spiro atoms. The fourth-order valence-electron chi connectivity index (χ4n) is 2.28. The van der Waals surface area contributed by atoms with E-state index in [9.17, 15) is 19.8 Å². The van der Waals surface area contributed by atoms with Crippen molar-refractivity contribution in [1.82, 2.24) is 0 Å². The molecule has 0 saturated heterocycles. The zero-order chi connectivity index (χ0) is 18.6. The summed E-state index contributed by atoms with van der Waals surface area (Å²) in [4.78, 5) is 23.3. The minimum Gasteiger partial charge on any atom is -0.507 e. The second-order valence-electron chi connectivity index (χ2n) is 5.42. The van der Waals surface area contributed by atoms with Crippen LogP contribution in [0.5, 0.6) is 23.0 Å². The SMILES string of the molecule is CCC(=O)Oc1cc(O)c(-c2ccccc2C)c(OC(=O)CC)c1O. The predicted octanol–water partition coefficient (Wildman–Crippen LogP) is 3.70. The number of rotatable bonds is 5. The largest absolute Gasteiger partial charge is 0.507 e. The molecule has 0 aliphatic rings. The van der Waals surface area contributed by atoms with Crippen molar-refractivity contribution in [2.24, 2.45) is 0 Å². The van der Waals surface area contributed by atoms with Gasteiger partial charge in [0.05, 0.1) is 5.56 Å². The number of carbonyl (C=O) groups excluding carboxylic acids is 2. The van der Waals surface area contributed by atoms with Gasteiger partial charge in [-0.15, -0.1) is 0 Å². The summed E-state index contributed by atoms with van der Waals surface area (Å²) in [5.41, 5.74) is 1.56. The Bertz CT molecular complexity index is 810. The van der Waals surface area contributed by atoms with Crippen LogP contribution in [0.1, 0.15) is 32.3 Å². The number of ether oxygens (including phenoxy) is 2. The topological polar surface area (TPSA) is 93.1 Å². The maximum absolute atomic E-state index is 11.8. The van der Waals surface area contributed by atoms with Crippen LogP contribution in [0, 0.1) is 6.92 Å². The maximum atomic E-state index is 11.8. The highest BCUT2D eigenvalue weighted by atomic mass is 16.6. The molecule has 6 heteroatoms. The molecular formula is C19H20O6. The summed E-state index contributed by atoms with van der Waals surface area (Å²) in [7, 11) is 0. The lowest BCUT2D eigenvalue weighted by molar-refractivity contribution is -0.134. The molecule has 0 aliphatic heterocycles. The van der Waals surface area contributed by atoms with Crippen molar-refractivity contribution < 1.29 is 29.3 Å². The van der Waals surface area contributed by atoms with Crippen LogP contribution in [0.15, 0.2) is 30.3 Å². The smallest absolute Gasteiger partial charge is 0.311 e. The van der Waals surface area contributed by atoms with Gasteiger partial charge in [0.15, 0.2) is 11.5 Å². The summed E-state index contributed by atoms with van der Waals surface area (Å²) in [5.74, 6) is -2.47. The van der Waals surface area contributed by atoms with Crippen molar-refractivity contribution in [1.29, 1.82) is 0 Å². The van der Waals surface area contributed by atoms with E-state index in [0.717, 1.165) is 11.6 Å². The van der Waals surface area contributed by atoms with Crippen LogP contribution in [0.3, 0.4) is 0 Å². The van der Waals surface area contributed by atoms with Crippen molar-refractivity contribution in [3.8, 4) is 34.1 Å². The lowest BCUT2D eigenvalue weighted by atomic mass is 9.98. The first kappa shape index (κ1) is 18.3. The molecule has 25 heavy (non-hydrogen) atoms. The van der Waals surface area contributed by atoms with Crippen LogP contribution >= 0.6 is 0 Å². The van der Waals surface area contributed by atoms with Gasteiger partial charge in [0.2, 0.25) is 5.75 Å². The number of aryl methyl sites for hydroxylation is 1. The van der Waals surface area contributed by atoms with Crippen LogP contribution in [0.25, 0.3) is 11.1 Å². The molecule has 2 aromatic carbocycles. The van der Waals surface area contributed by atoms with E-state index in [-0.39, 0.29) is 35.7 Å². The maximum Gasteiger partial charge on any atom is 0.311 e. The quantitative estimate of drug-likeness (QED) is 0.488. The highest BCUT2D eigenvalue weighted by Gasteiger charge is 2.25. The monoisotopic (exact) mass is 344 g/mol. The number of phenolic OH excluding ortho intramolecular Hbond substituents is 2. The lowest BCUT2D eigenvalue weighted by Crippen LogP contribution is -2.09. The number of phenols is 2. The number of esters is 2. The normalized spacial score (nSPS) is 10.4. The number of benzene rings is 2. The minimum atomic E-state index is -0.594. The second kappa shape index (κ2) is 7.70. The van der Waals surface area contributed by atoms with E-state index in [1.165, 1.54) is 0 Å². The highest BCUT2D eigenvalue weighted by molar-refractivity contribution is 5.87. The van der Waals surface area contributed by atoms with Crippen molar-refractivity contribution in [2.45, 2.75) is 33.6 Å². The minimum absolute atomic E-state index is 0.0758. The molecule has 132 valence electrons. The Hall–Kier alpha value is -3.02. The first-order valence-electron chi connectivity index (χ1n) is 7.95. The van der Waals surface area contributed by atoms with E-state index in [4.69, 9.17) is 9.47 Å². The van der Waals surface area contributed by atoms with Crippen molar-refractivity contribution in [3.63, 3.8) is 0 Å². The first-order valence-corrected chi connectivity index (χ1v) is 7.95. The Kier molecular flexibility index (Phi) is 5.64. The summed E-state index contributed by atoms with van der Waals surface area (Å²) in [5, 5.41) is 20.9. The number of carbonyl (C=O) groups is 2. The molecule has 0 bridgehead atoms. The van der Waals surface area contributed by atoms with Crippen molar-refractivity contribution in [2.75, 3.05) is 0 Å². The molecular weight excluding hydrogens is 324 g/mol. The van der Waals surface area contributed by atoms with Gasteiger partial charge in [0, 0.05) is 18.9 Å². The standard InChI is InChI=1S/C19H20O6/c1-4-15(21)24-14-10-13(20)17(12-9-7-6-8-11(12)3)19(18(14)23)25-16(22)5-2/h6-10,20,23H,4-5H2,1-3H3. The summed E-state index contributed by atoms with van der Waals surface area (Å²) >= 11 is 0. The van der Waals surface area contributed by atoms with Crippen LogP contribution in [-0.4, -0.2) is 22.2 Å². The molecule has 0 heterocycles. The van der Waals surface area contributed by atoms with Crippen LogP contribution in [-0.2, 0) is 9.59 Å². The zero-order valence-corrected chi connectivity index (χ0v) is 14.3. The van der Waals surface area contributed by atoms with E-state index >= 15 is 0 Å². The summed E-state index contributed by atoms with van der Waals surface area (Å²) in [6, 6.07) is 8.27. The molecule has 6 nitrogen and oxygen atoms in total. The van der Waals surface area contributed by atoms with Gasteiger partial charge in [0.25, 0.3) is 0 Å². The molecule has 0 aliphatic carbocycles. The van der Waals surface area contributed by atoms with Crippen molar-refractivity contribution in [3.05, 3.63) is 35.9 Å². The van der Waals surface area contributed by atoms with Gasteiger partial charge in [-0.1, -0.05) is 38.1 Å². The van der Waals surface area contributed by atoms with E-state index in [1.54, 1.807) is 26.0 Å². The third-order valence-electron chi connectivity index (χ3n) is 3.63. The van der Waals surface area contributed by atoms with Gasteiger partial charge < -0.3 is 19.7 Å². The van der Waals surface area contributed by atoms with Gasteiger partial charge in [-0.2, -0.15) is 0 Å². The zero-order valence-electron chi connectivity index (χ0n) is 14.3. The fraction of sp³-hybridized carbons (Fsp3) is 0.263. The van der Waals surface area contributed by atoms with Crippen LogP contribution < -0.4 is 9.47 Å². The van der Waals surface area contributed by atoms with Crippen LogP contribution in [0.4, 0.5) is 0 Å². The number of hydrogen-bond donors (Lipinski definition) is 2. The Morgan fingerprint density at radius 3 is 2.20 bits per heavy atom. The summed E-state index contributed by atoms with van der Waals surface area (Å²) in [6.45, 7) is 5.02. The molecule has 0 saturated carbocycles. The molecule has 0 fully saturated rings. The number of hydrogen-bond acceptors (Lipinski definition) is 6. The molecule has 0 unspecified atom stereocenters. The highest BCUT2D eigenvalue weighted by Crippen LogP contribution is 2.50. The Labute approximate surface area is 145 Å². The van der Waals surface area contributed by atoms with E-state index in [0.29, 0.717) is 5.56 Å². The average Bonchev–Trinajstić information content (AvgIpc) is 2.60. The third-order valence-corrected chi connectivity index (χ3v) is 3.63. The molecule has 2 N–H and O–H groups in total. The molecule has 2 aromatic rings. The van der Waals surface area contributed by atoms with Gasteiger partial charge in [-0.3, -0.25) is 9.59 Å². The van der Waals surface area contributed by atoms with E-state index < -0.39 is 17.7 Å². The molecule has 0 radical (unpaired) electrons. The van der Waals surface area contributed by atoms with Gasteiger partial charge in [0.1, 0.15) is 5.75 Å². The van der Waals surface area contributed by atoms with Gasteiger partial charge >= 0.3 is 11.9 Å². The number of aromatic hydroxyl groups is 2. The van der Waals surface area contributed by atoms with E-state index in [2.05, 4.69) is 0 Å². The second-order valence-corrected chi connectivity index (χ2v) is 5.42. The van der Waals surface area contributed by atoms with Crippen LogP contribution in [0.2, 0.25) is 0 Å². The predicted molar refractivity (Wildman–Crippen MR) is 91.8 cm³/mol. The van der Waals surface area contributed by atoms with Gasteiger partial charge in [-0.05, 0) is 18.1 Å². The molecule has 2 rings (SSSR count). The fourth-order valence-corrected chi connectivity index (χ4v) is 2.28. The summed E-state index contributed by atoms with van der Waals surface area (Å²) < 4.78 is 10.2. The summed E-state index contributed by atoms with van der Waals surface area (Å²) in [6.07, 6.45) is 0.163. The average molecular weight is 344 g/mol. The Morgan fingerprint density at radius 1 is 1.00 bits per heavy atom. The Balaban J connectivity index is 2.69. The lowest BCUT2D eigenvalue weighted by Gasteiger charge is -2.17. The first-order chi connectivity index (χ1) is 11.9. The molecule has 0 aromatic heterocycles. The Morgan fingerprint density at radius 2 is 1.60 bits per heavy atom.